The van der Waals surface area contributed by atoms with Gasteiger partial charge in [0.25, 0.3) is 0 Å². The lowest BCUT2D eigenvalue weighted by Gasteiger charge is -2.14. The van der Waals surface area contributed by atoms with Gasteiger partial charge in [-0.05, 0) is 30.5 Å². The van der Waals surface area contributed by atoms with Gasteiger partial charge < -0.3 is 19.3 Å². The van der Waals surface area contributed by atoms with Crippen LogP contribution in [-0.4, -0.2) is 31.9 Å². The quantitative estimate of drug-likeness (QED) is 0.742. The number of hydrogen-bond donors (Lipinski definition) is 1. The highest BCUT2D eigenvalue weighted by Gasteiger charge is 2.14. The van der Waals surface area contributed by atoms with E-state index in [-0.39, 0.29) is 12.4 Å². The highest BCUT2D eigenvalue weighted by Crippen LogP contribution is 2.31. The van der Waals surface area contributed by atoms with Gasteiger partial charge in [-0.3, -0.25) is 4.79 Å². The smallest absolute Gasteiger partial charge is 0.305 e. The number of benzene rings is 1. The van der Waals surface area contributed by atoms with Gasteiger partial charge >= 0.3 is 5.97 Å². The van der Waals surface area contributed by atoms with Crippen LogP contribution in [0.15, 0.2) is 18.2 Å². The zero-order chi connectivity index (χ0) is 15.0. The first-order valence-electron chi connectivity index (χ1n) is 6.68. The molecule has 0 aromatic heterocycles. The van der Waals surface area contributed by atoms with Crippen molar-refractivity contribution in [3.05, 3.63) is 23.8 Å². The van der Waals surface area contributed by atoms with Crippen LogP contribution >= 0.6 is 0 Å². The van der Waals surface area contributed by atoms with E-state index in [0.29, 0.717) is 30.1 Å². The van der Waals surface area contributed by atoms with Crippen LogP contribution < -0.4 is 9.47 Å². The summed E-state index contributed by atoms with van der Waals surface area (Å²) in [7, 11) is 3.09. The zero-order valence-corrected chi connectivity index (χ0v) is 12.2. The van der Waals surface area contributed by atoms with E-state index >= 15 is 0 Å². The van der Waals surface area contributed by atoms with Crippen molar-refractivity contribution in [2.75, 3.05) is 20.8 Å². The molecule has 0 heterocycles. The molecule has 1 aromatic rings. The molecule has 1 aromatic carbocycles. The molecular weight excluding hydrogens is 260 g/mol. The maximum absolute atomic E-state index is 11.4. The molecule has 0 bridgehead atoms. The van der Waals surface area contributed by atoms with Crippen LogP contribution in [0, 0.1) is 0 Å². The van der Waals surface area contributed by atoms with Crippen LogP contribution in [-0.2, 0) is 9.53 Å². The minimum atomic E-state index is -0.732. The van der Waals surface area contributed by atoms with Gasteiger partial charge in [0.1, 0.15) is 0 Å². The third-order valence-electron chi connectivity index (χ3n) is 2.88. The fourth-order valence-corrected chi connectivity index (χ4v) is 1.77. The second-order valence-corrected chi connectivity index (χ2v) is 4.39. The van der Waals surface area contributed by atoms with Crippen LogP contribution in [0.25, 0.3) is 0 Å². The Kier molecular flexibility index (Phi) is 6.87. The fourth-order valence-electron chi connectivity index (χ4n) is 1.77. The average molecular weight is 282 g/mol. The number of carbonyl (C=O) groups is 1. The van der Waals surface area contributed by atoms with E-state index in [1.54, 1.807) is 25.3 Å². The summed E-state index contributed by atoms with van der Waals surface area (Å²) in [5.41, 5.74) is 0.686. The van der Waals surface area contributed by atoms with Crippen LogP contribution in [0.4, 0.5) is 0 Å². The zero-order valence-electron chi connectivity index (χ0n) is 12.2. The van der Waals surface area contributed by atoms with Crippen molar-refractivity contribution >= 4 is 5.97 Å². The molecule has 0 aliphatic carbocycles. The number of ether oxygens (including phenoxy) is 3. The molecule has 112 valence electrons. The summed E-state index contributed by atoms with van der Waals surface area (Å²) >= 11 is 0. The van der Waals surface area contributed by atoms with Crippen molar-refractivity contribution < 1.29 is 24.1 Å². The molecule has 0 saturated heterocycles. The Morgan fingerprint density at radius 3 is 2.55 bits per heavy atom. The highest BCUT2D eigenvalue weighted by molar-refractivity contribution is 5.69. The summed E-state index contributed by atoms with van der Waals surface area (Å²) in [6, 6.07) is 5.19. The van der Waals surface area contributed by atoms with Gasteiger partial charge in [-0.25, -0.2) is 0 Å². The maximum atomic E-state index is 11.4. The van der Waals surface area contributed by atoms with Gasteiger partial charge in [-0.2, -0.15) is 0 Å². The minimum Gasteiger partial charge on any atom is -0.493 e. The third-order valence-corrected chi connectivity index (χ3v) is 2.88. The molecule has 20 heavy (non-hydrogen) atoms. The van der Waals surface area contributed by atoms with E-state index in [1.807, 2.05) is 6.92 Å². The first-order valence-corrected chi connectivity index (χ1v) is 6.68. The molecule has 0 aliphatic rings. The van der Waals surface area contributed by atoms with Crippen molar-refractivity contribution in [1.82, 2.24) is 0 Å². The van der Waals surface area contributed by atoms with E-state index in [4.69, 9.17) is 14.2 Å². The summed E-state index contributed by atoms with van der Waals surface area (Å²) in [5.74, 6) is 0.870. The molecule has 0 spiro atoms. The lowest BCUT2D eigenvalue weighted by Crippen LogP contribution is -2.08. The number of hydrogen-bond acceptors (Lipinski definition) is 5. The third kappa shape index (κ3) is 4.74. The number of aliphatic hydroxyl groups excluding tert-OH is 1. The standard InChI is InChI=1S/C15H22O5/c1-4-9-20-15(17)8-6-12(16)11-5-7-13(18-2)14(10-11)19-3/h5,7,10,12,16H,4,6,8-9H2,1-3H3. The molecule has 1 N–H and O–H groups in total. The van der Waals surface area contributed by atoms with Gasteiger partial charge in [0.15, 0.2) is 11.5 Å². The van der Waals surface area contributed by atoms with Gasteiger partial charge in [-0.1, -0.05) is 13.0 Å². The molecule has 0 radical (unpaired) electrons. The number of rotatable bonds is 8. The van der Waals surface area contributed by atoms with Crippen LogP contribution in [0.1, 0.15) is 37.9 Å². The Labute approximate surface area is 119 Å². The van der Waals surface area contributed by atoms with Gasteiger partial charge in [0, 0.05) is 6.42 Å². The Hall–Kier alpha value is -1.75. The van der Waals surface area contributed by atoms with E-state index in [0.717, 1.165) is 6.42 Å². The highest BCUT2D eigenvalue weighted by atomic mass is 16.5. The Morgan fingerprint density at radius 1 is 1.25 bits per heavy atom. The predicted molar refractivity (Wildman–Crippen MR) is 75.0 cm³/mol. The monoisotopic (exact) mass is 282 g/mol. The molecule has 5 heteroatoms. The number of carbonyl (C=O) groups excluding carboxylic acids is 1. The van der Waals surface area contributed by atoms with Gasteiger partial charge in [0.2, 0.25) is 0 Å². The number of methoxy groups -OCH3 is 2. The lowest BCUT2D eigenvalue weighted by molar-refractivity contribution is -0.144. The molecule has 0 amide bonds. The topological polar surface area (TPSA) is 65.0 Å². The van der Waals surface area contributed by atoms with Crippen molar-refractivity contribution in [3.63, 3.8) is 0 Å². The van der Waals surface area contributed by atoms with Crippen LogP contribution in [0.5, 0.6) is 11.5 Å². The Balaban J connectivity index is 2.59. The summed E-state index contributed by atoms with van der Waals surface area (Å²) in [6.45, 7) is 2.36. The normalized spacial score (nSPS) is 11.8. The fraction of sp³-hybridized carbons (Fsp3) is 0.533. The summed E-state index contributed by atoms with van der Waals surface area (Å²) in [6.07, 6.45) is 0.571. The predicted octanol–water partition coefficient (Wildman–Crippen LogP) is 2.47. The minimum absolute atomic E-state index is 0.190. The molecule has 0 fully saturated rings. The summed E-state index contributed by atoms with van der Waals surface area (Å²) in [4.78, 5) is 11.4. The molecule has 1 atom stereocenters. The van der Waals surface area contributed by atoms with E-state index < -0.39 is 6.10 Å². The average Bonchev–Trinajstić information content (AvgIpc) is 2.49. The van der Waals surface area contributed by atoms with Crippen molar-refractivity contribution in [2.45, 2.75) is 32.3 Å². The molecule has 1 unspecified atom stereocenters. The second-order valence-electron chi connectivity index (χ2n) is 4.39. The first kappa shape index (κ1) is 16.3. The van der Waals surface area contributed by atoms with Gasteiger partial charge in [-0.15, -0.1) is 0 Å². The van der Waals surface area contributed by atoms with Crippen LogP contribution in [0.2, 0.25) is 0 Å². The Morgan fingerprint density at radius 2 is 1.95 bits per heavy atom. The van der Waals surface area contributed by atoms with Gasteiger partial charge in [0.05, 0.1) is 26.9 Å². The summed E-state index contributed by atoms with van der Waals surface area (Å²) < 4.78 is 15.3. The lowest BCUT2D eigenvalue weighted by atomic mass is 10.0. The van der Waals surface area contributed by atoms with E-state index in [9.17, 15) is 9.90 Å². The van der Waals surface area contributed by atoms with Crippen molar-refractivity contribution in [3.8, 4) is 11.5 Å². The van der Waals surface area contributed by atoms with Crippen molar-refractivity contribution in [1.29, 1.82) is 0 Å². The van der Waals surface area contributed by atoms with E-state index in [2.05, 4.69) is 0 Å². The van der Waals surface area contributed by atoms with Crippen molar-refractivity contribution in [2.24, 2.45) is 0 Å². The molecule has 0 aliphatic heterocycles. The molecular formula is C15H22O5. The molecule has 0 saturated carbocycles. The maximum Gasteiger partial charge on any atom is 0.305 e. The molecule has 5 nitrogen and oxygen atoms in total. The SMILES string of the molecule is CCCOC(=O)CCC(O)c1ccc(OC)c(OC)c1. The first-order chi connectivity index (χ1) is 9.62. The summed E-state index contributed by atoms with van der Waals surface area (Å²) in [5, 5.41) is 10.1. The Bertz CT molecular complexity index is 430. The van der Waals surface area contributed by atoms with E-state index in [1.165, 1.54) is 7.11 Å². The number of esters is 1. The largest absolute Gasteiger partial charge is 0.493 e. The second kappa shape index (κ2) is 8.43. The number of aliphatic hydroxyl groups is 1. The van der Waals surface area contributed by atoms with Crippen LogP contribution in [0.3, 0.4) is 0 Å². The molecule has 1 rings (SSSR count).